The van der Waals surface area contributed by atoms with Gasteiger partial charge in [-0.2, -0.15) is 0 Å². The Morgan fingerprint density at radius 2 is 1.70 bits per heavy atom. The van der Waals surface area contributed by atoms with Crippen LogP contribution in [0.2, 0.25) is 0 Å². The van der Waals surface area contributed by atoms with E-state index in [9.17, 15) is 4.79 Å². The lowest BCUT2D eigenvalue weighted by atomic mass is 9.98. The van der Waals surface area contributed by atoms with Gasteiger partial charge in [-0.3, -0.25) is 9.69 Å². The number of piperidine rings is 1. The summed E-state index contributed by atoms with van der Waals surface area (Å²) in [6.07, 6.45) is 6.20. The minimum absolute atomic E-state index is 0.0986. The van der Waals surface area contributed by atoms with Gasteiger partial charge in [-0.1, -0.05) is 24.6 Å². The van der Waals surface area contributed by atoms with Crippen molar-refractivity contribution >= 4 is 5.91 Å². The minimum atomic E-state index is 0.0986. The van der Waals surface area contributed by atoms with Crippen LogP contribution in [0.25, 0.3) is 0 Å². The average molecular weight is 374 g/mol. The van der Waals surface area contributed by atoms with Crippen molar-refractivity contribution in [3.05, 3.63) is 29.8 Å². The number of ether oxygens (including phenoxy) is 1. The van der Waals surface area contributed by atoms with E-state index in [0.29, 0.717) is 0 Å². The Balaban J connectivity index is 1.49. The minimum Gasteiger partial charge on any atom is -0.483 e. The molecule has 0 bridgehead atoms. The molecule has 3 rings (SSSR count). The number of carbonyl (C=O) groups excluding carboxylic acids is 1. The molecule has 0 aliphatic carbocycles. The van der Waals surface area contributed by atoms with Gasteiger partial charge < -0.3 is 15.0 Å². The molecule has 5 heteroatoms. The highest BCUT2D eigenvalue weighted by atomic mass is 16.5. The Morgan fingerprint density at radius 3 is 2.44 bits per heavy atom. The molecule has 150 valence electrons. The van der Waals surface area contributed by atoms with E-state index < -0.39 is 0 Å². The van der Waals surface area contributed by atoms with E-state index in [2.05, 4.69) is 30.1 Å². The Bertz CT molecular complexity index is 605. The number of nitrogens with one attached hydrogen (secondary N) is 1. The monoisotopic (exact) mass is 373 g/mol. The van der Waals surface area contributed by atoms with Crippen LogP contribution in [-0.4, -0.2) is 60.6 Å². The maximum Gasteiger partial charge on any atom is 0.260 e. The first-order valence-electron chi connectivity index (χ1n) is 10.5. The molecule has 1 amide bonds. The van der Waals surface area contributed by atoms with Crippen LogP contribution in [0.4, 0.5) is 0 Å². The van der Waals surface area contributed by atoms with Gasteiger partial charge in [0.15, 0.2) is 6.61 Å². The van der Waals surface area contributed by atoms with Crippen LogP contribution in [-0.2, 0) is 11.3 Å². The van der Waals surface area contributed by atoms with Gasteiger partial charge >= 0.3 is 0 Å². The molecule has 2 aliphatic rings. The molecule has 0 aromatic heterocycles. The highest BCUT2D eigenvalue weighted by molar-refractivity contribution is 5.78. The van der Waals surface area contributed by atoms with E-state index in [0.717, 1.165) is 50.3 Å². The number of rotatable bonds is 8. The van der Waals surface area contributed by atoms with Crippen LogP contribution in [0.1, 0.15) is 51.5 Å². The van der Waals surface area contributed by atoms with E-state index in [1.807, 2.05) is 23.1 Å². The summed E-state index contributed by atoms with van der Waals surface area (Å²) in [4.78, 5) is 16.7. The van der Waals surface area contributed by atoms with Crippen molar-refractivity contribution in [2.75, 3.05) is 39.3 Å². The van der Waals surface area contributed by atoms with Crippen molar-refractivity contribution in [3.8, 4) is 5.75 Å². The molecule has 2 aliphatic heterocycles. The highest BCUT2D eigenvalue weighted by Crippen LogP contribution is 2.21. The fourth-order valence-corrected chi connectivity index (χ4v) is 4.10. The zero-order valence-electron chi connectivity index (χ0n) is 17.0. The summed E-state index contributed by atoms with van der Waals surface area (Å²) in [6, 6.07) is 8.04. The van der Waals surface area contributed by atoms with Gasteiger partial charge in [-0.15, -0.1) is 0 Å². The fourth-order valence-electron chi connectivity index (χ4n) is 4.10. The Labute approximate surface area is 164 Å². The van der Waals surface area contributed by atoms with Crippen LogP contribution in [0, 0.1) is 0 Å². The Kier molecular flexibility index (Phi) is 7.13. The average Bonchev–Trinajstić information content (AvgIpc) is 3.22. The first-order chi connectivity index (χ1) is 13.1. The number of amides is 1. The zero-order chi connectivity index (χ0) is 19.1. The van der Waals surface area contributed by atoms with Gasteiger partial charge in [-0.25, -0.2) is 0 Å². The molecule has 1 aromatic carbocycles. The van der Waals surface area contributed by atoms with E-state index in [4.69, 9.17) is 4.74 Å². The van der Waals surface area contributed by atoms with Gasteiger partial charge in [0, 0.05) is 37.3 Å². The van der Waals surface area contributed by atoms with E-state index in [1.54, 1.807) is 0 Å². The normalized spacial score (nSPS) is 18.7. The molecule has 0 spiro atoms. The summed E-state index contributed by atoms with van der Waals surface area (Å²) in [5, 5.41) is 3.61. The van der Waals surface area contributed by atoms with Crippen LogP contribution in [0.3, 0.4) is 0 Å². The van der Waals surface area contributed by atoms with Crippen molar-refractivity contribution in [1.82, 2.24) is 15.1 Å². The predicted molar refractivity (Wildman–Crippen MR) is 109 cm³/mol. The van der Waals surface area contributed by atoms with Crippen LogP contribution >= 0.6 is 0 Å². The number of carbonyl (C=O) groups is 1. The fraction of sp³-hybridized carbons (Fsp3) is 0.682. The first kappa shape index (κ1) is 20.2. The van der Waals surface area contributed by atoms with E-state index in [1.165, 1.54) is 32.4 Å². The van der Waals surface area contributed by atoms with Crippen molar-refractivity contribution in [3.63, 3.8) is 0 Å². The largest absolute Gasteiger partial charge is 0.483 e. The third-order valence-corrected chi connectivity index (χ3v) is 5.87. The van der Waals surface area contributed by atoms with Crippen LogP contribution in [0.15, 0.2) is 24.3 Å². The van der Waals surface area contributed by atoms with E-state index in [-0.39, 0.29) is 18.1 Å². The van der Waals surface area contributed by atoms with Crippen molar-refractivity contribution < 1.29 is 9.53 Å². The molecule has 0 unspecified atom stereocenters. The number of benzene rings is 1. The zero-order valence-corrected chi connectivity index (χ0v) is 17.0. The molecule has 1 aromatic rings. The maximum atomic E-state index is 12.2. The second-order valence-electron chi connectivity index (χ2n) is 8.45. The Hall–Kier alpha value is -1.59. The SMILES string of the molecule is CC(C)(CNCc1ccccc1OCC(=O)N1CCCC1)N1CCCCC1. The summed E-state index contributed by atoms with van der Waals surface area (Å²) in [6.45, 7) is 10.6. The molecule has 0 saturated carbocycles. The van der Waals surface area contributed by atoms with Gasteiger partial charge in [0.2, 0.25) is 0 Å². The lowest BCUT2D eigenvalue weighted by molar-refractivity contribution is -0.132. The van der Waals surface area contributed by atoms with Crippen molar-refractivity contribution in [1.29, 1.82) is 0 Å². The molecule has 27 heavy (non-hydrogen) atoms. The molecule has 2 saturated heterocycles. The summed E-state index contributed by atoms with van der Waals surface area (Å²) in [5.74, 6) is 0.912. The topological polar surface area (TPSA) is 44.8 Å². The molecule has 0 atom stereocenters. The summed E-state index contributed by atoms with van der Waals surface area (Å²) >= 11 is 0. The predicted octanol–water partition coefficient (Wildman–Crippen LogP) is 3.04. The maximum absolute atomic E-state index is 12.2. The summed E-state index contributed by atoms with van der Waals surface area (Å²) < 4.78 is 5.87. The first-order valence-corrected chi connectivity index (χ1v) is 10.5. The highest BCUT2D eigenvalue weighted by Gasteiger charge is 2.27. The van der Waals surface area contributed by atoms with Crippen molar-refractivity contribution in [2.45, 2.75) is 58.0 Å². The number of para-hydroxylation sites is 1. The third-order valence-electron chi connectivity index (χ3n) is 5.87. The second kappa shape index (κ2) is 9.56. The molecule has 5 nitrogen and oxygen atoms in total. The standard InChI is InChI=1S/C22H35N3O2/c1-22(2,25-14-6-3-7-15-25)18-23-16-19-10-4-5-11-20(19)27-17-21(26)24-12-8-9-13-24/h4-5,10-11,23H,3,6-9,12-18H2,1-2H3. The lowest BCUT2D eigenvalue weighted by Gasteiger charge is -2.41. The number of likely N-dealkylation sites (tertiary alicyclic amines) is 2. The molecule has 2 heterocycles. The molecule has 1 N–H and O–H groups in total. The summed E-state index contributed by atoms with van der Waals surface area (Å²) in [5.41, 5.74) is 1.27. The van der Waals surface area contributed by atoms with Crippen LogP contribution in [0.5, 0.6) is 5.75 Å². The van der Waals surface area contributed by atoms with Crippen molar-refractivity contribution in [2.24, 2.45) is 0 Å². The molecular formula is C22H35N3O2. The van der Waals surface area contributed by atoms with E-state index >= 15 is 0 Å². The number of nitrogens with zero attached hydrogens (tertiary/aromatic N) is 2. The van der Waals surface area contributed by atoms with Gasteiger partial charge in [0.25, 0.3) is 5.91 Å². The van der Waals surface area contributed by atoms with Crippen LogP contribution < -0.4 is 10.1 Å². The smallest absolute Gasteiger partial charge is 0.260 e. The number of hydrogen-bond acceptors (Lipinski definition) is 4. The lowest BCUT2D eigenvalue weighted by Crippen LogP contribution is -2.52. The summed E-state index contributed by atoms with van der Waals surface area (Å²) in [7, 11) is 0. The molecule has 0 radical (unpaired) electrons. The Morgan fingerprint density at radius 1 is 1.04 bits per heavy atom. The third kappa shape index (κ3) is 5.69. The van der Waals surface area contributed by atoms with Gasteiger partial charge in [0.05, 0.1) is 0 Å². The van der Waals surface area contributed by atoms with Gasteiger partial charge in [-0.05, 0) is 58.7 Å². The second-order valence-corrected chi connectivity index (χ2v) is 8.45. The number of hydrogen-bond donors (Lipinski definition) is 1. The quantitative estimate of drug-likeness (QED) is 0.761. The molecule has 2 fully saturated rings. The molecular weight excluding hydrogens is 338 g/mol. The van der Waals surface area contributed by atoms with Gasteiger partial charge in [0.1, 0.15) is 5.75 Å².